The molecule has 0 aromatic carbocycles. The minimum atomic E-state index is -0.944. The van der Waals surface area contributed by atoms with Crippen molar-refractivity contribution in [1.82, 2.24) is 15.5 Å². The van der Waals surface area contributed by atoms with Crippen LogP contribution >= 0.6 is 0 Å². The van der Waals surface area contributed by atoms with Gasteiger partial charge in [0.1, 0.15) is 0 Å². The molecule has 20 heavy (non-hydrogen) atoms. The Hall–Kier alpha value is -1.79. The van der Waals surface area contributed by atoms with E-state index in [-0.39, 0.29) is 43.4 Å². The molecule has 0 saturated carbocycles. The van der Waals surface area contributed by atoms with E-state index in [1.165, 1.54) is 4.90 Å². The Morgan fingerprint density at radius 2 is 1.80 bits per heavy atom. The maximum atomic E-state index is 11.9. The summed E-state index contributed by atoms with van der Waals surface area (Å²) < 4.78 is 0. The lowest BCUT2D eigenvalue weighted by molar-refractivity contribution is -0.138. The molecule has 0 aliphatic heterocycles. The van der Waals surface area contributed by atoms with E-state index < -0.39 is 5.97 Å². The zero-order chi connectivity index (χ0) is 15.7. The summed E-state index contributed by atoms with van der Waals surface area (Å²) in [5, 5.41) is 14.1. The summed E-state index contributed by atoms with van der Waals surface area (Å²) in [7, 11) is 0. The van der Waals surface area contributed by atoms with Gasteiger partial charge in [0, 0.05) is 31.6 Å². The number of hydrogen-bond donors (Lipinski definition) is 3. The molecule has 0 aromatic heterocycles. The number of carbonyl (C=O) groups is 3. The summed E-state index contributed by atoms with van der Waals surface area (Å²) in [6.45, 7) is 7.84. The van der Waals surface area contributed by atoms with E-state index in [2.05, 4.69) is 10.6 Å². The van der Waals surface area contributed by atoms with Crippen molar-refractivity contribution in [3.8, 4) is 0 Å². The molecule has 0 rings (SSSR count). The quantitative estimate of drug-likeness (QED) is 0.615. The summed E-state index contributed by atoms with van der Waals surface area (Å²) in [6.07, 6.45) is 0.101. The van der Waals surface area contributed by atoms with Crippen LogP contribution in [0.2, 0.25) is 0 Å². The number of nitrogens with zero attached hydrogens (tertiary/aromatic N) is 1. The summed E-state index contributed by atoms with van der Waals surface area (Å²) >= 11 is 0. The monoisotopic (exact) mass is 287 g/mol. The molecule has 0 heterocycles. The van der Waals surface area contributed by atoms with E-state index in [0.29, 0.717) is 6.54 Å². The Labute approximate surface area is 119 Å². The second kappa shape index (κ2) is 9.17. The minimum absolute atomic E-state index is 0.0703. The Kier molecular flexibility index (Phi) is 8.35. The molecule has 7 heteroatoms. The maximum absolute atomic E-state index is 11.9. The SMILES string of the molecule is CCN(C(=O)NCCC(=O)NC(C)C)C(C)CC(=O)O. The van der Waals surface area contributed by atoms with Gasteiger partial charge in [-0.15, -0.1) is 0 Å². The molecule has 1 unspecified atom stereocenters. The first-order valence-corrected chi connectivity index (χ1v) is 6.83. The van der Waals surface area contributed by atoms with E-state index in [1.54, 1.807) is 13.8 Å². The molecule has 7 nitrogen and oxygen atoms in total. The van der Waals surface area contributed by atoms with Gasteiger partial charge in [-0.25, -0.2) is 4.79 Å². The number of carbonyl (C=O) groups excluding carboxylic acids is 2. The second-order valence-corrected chi connectivity index (χ2v) is 4.94. The predicted octanol–water partition coefficient (Wildman–Crippen LogP) is 0.796. The standard InChI is InChI=1S/C13H25N3O4/c1-5-16(10(4)8-12(18)19)13(20)14-7-6-11(17)15-9(2)3/h9-10H,5-8H2,1-4H3,(H,14,20)(H,15,17)(H,18,19). The molecule has 0 spiro atoms. The Bertz CT molecular complexity index is 345. The van der Waals surface area contributed by atoms with E-state index in [4.69, 9.17) is 5.11 Å². The summed E-state index contributed by atoms with van der Waals surface area (Å²) in [5.41, 5.74) is 0. The number of urea groups is 1. The van der Waals surface area contributed by atoms with Crippen LogP contribution in [-0.2, 0) is 9.59 Å². The van der Waals surface area contributed by atoms with Crippen molar-refractivity contribution < 1.29 is 19.5 Å². The fraction of sp³-hybridized carbons (Fsp3) is 0.769. The van der Waals surface area contributed by atoms with Crippen LogP contribution in [0.5, 0.6) is 0 Å². The first-order valence-electron chi connectivity index (χ1n) is 6.83. The highest BCUT2D eigenvalue weighted by Gasteiger charge is 2.20. The largest absolute Gasteiger partial charge is 0.481 e. The van der Waals surface area contributed by atoms with Gasteiger partial charge in [-0.3, -0.25) is 9.59 Å². The average molecular weight is 287 g/mol. The zero-order valence-corrected chi connectivity index (χ0v) is 12.6. The lowest BCUT2D eigenvalue weighted by Crippen LogP contribution is -2.46. The molecular formula is C13H25N3O4. The van der Waals surface area contributed by atoms with Crippen molar-refractivity contribution in [2.45, 2.75) is 52.6 Å². The third-order valence-corrected chi connectivity index (χ3v) is 2.68. The molecule has 1 atom stereocenters. The lowest BCUT2D eigenvalue weighted by atomic mass is 10.2. The second-order valence-electron chi connectivity index (χ2n) is 4.94. The normalized spacial score (nSPS) is 11.8. The average Bonchev–Trinajstić information content (AvgIpc) is 2.27. The number of aliphatic carboxylic acids is 1. The molecular weight excluding hydrogens is 262 g/mol. The first kappa shape index (κ1) is 18.2. The molecule has 0 aromatic rings. The highest BCUT2D eigenvalue weighted by Crippen LogP contribution is 2.04. The van der Waals surface area contributed by atoms with E-state index in [0.717, 1.165) is 0 Å². The maximum Gasteiger partial charge on any atom is 0.317 e. The first-order chi connectivity index (χ1) is 9.27. The van der Waals surface area contributed by atoms with Gasteiger partial charge in [-0.05, 0) is 27.7 Å². The van der Waals surface area contributed by atoms with Gasteiger partial charge >= 0.3 is 12.0 Å². The molecule has 3 N–H and O–H groups in total. The van der Waals surface area contributed by atoms with Gasteiger partial charge in [-0.2, -0.15) is 0 Å². The molecule has 0 fully saturated rings. The van der Waals surface area contributed by atoms with Crippen LogP contribution < -0.4 is 10.6 Å². The zero-order valence-electron chi connectivity index (χ0n) is 12.6. The minimum Gasteiger partial charge on any atom is -0.481 e. The van der Waals surface area contributed by atoms with Crippen LogP contribution in [0.4, 0.5) is 4.79 Å². The molecule has 0 saturated heterocycles. The number of rotatable bonds is 8. The van der Waals surface area contributed by atoms with Crippen LogP contribution in [0.25, 0.3) is 0 Å². The van der Waals surface area contributed by atoms with Crippen LogP contribution in [0.3, 0.4) is 0 Å². The van der Waals surface area contributed by atoms with E-state index >= 15 is 0 Å². The number of hydrogen-bond acceptors (Lipinski definition) is 3. The summed E-state index contributed by atoms with van der Waals surface area (Å²) in [5.74, 6) is -1.07. The smallest absolute Gasteiger partial charge is 0.317 e. The Morgan fingerprint density at radius 1 is 1.20 bits per heavy atom. The van der Waals surface area contributed by atoms with Gasteiger partial charge in [0.15, 0.2) is 0 Å². The molecule has 3 amide bonds. The highest BCUT2D eigenvalue weighted by atomic mass is 16.4. The highest BCUT2D eigenvalue weighted by molar-refractivity contribution is 5.79. The number of amides is 3. The Balaban J connectivity index is 4.16. The molecule has 0 aliphatic carbocycles. The fourth-order valence-electron chi connectivity index (χ4n) is 1.80. The number of carboxylic acids is 1. The third kappa shape index (κ3) is 7.60. The van der Waals surface area contributed by atoms with Gasteiger partial charge in [-0.1, -0.05) is 0 Å². The van der Waals surface area contributed by atoms with Gasteiger partial charge in [0.2, 0.25) is 5.91 Å². The number of carboxylic acid groups (broad SMARTS) is 1. The van der Waals surface area contributed by atoms with E-state index in [1.807, 2.05) is 13.8 Å². The van der Waals surface area contributed by atoms with Crippen LogP contribution in [-0.4, -0.2) is 53.1 Å². The fourth-order valence-corrected chi connectivity index (χ4v) is 1.80. The van der Waals surface area contributed by atoms with Crippen molar-refractivity contribution in [1.29, 1.82) is 0 Å². The van der Waals surface area contributed by atoms with E-state index in [9.17, 15) is 14.4 Å². The molecule has 116 valence electrons. The van der Waals surface area contributed by atoms with Gasteiger partial charge in [0.25, 0.3) is 0 Å². The third-order valence-electron chi connectivity index (χ3n) is 2.68. The van der Waals surface area contributed by atoms with Crippen LogP contribution in [0, 0.1) is 0 Å². The topological polar surface area (TPSA) is 98.7 Å². The molecule has 0 radical (unpaired) electrons. The van der Waals surface area contributed by atoms with Crippen molar-refractivity contribution in [2.24, 2.45) is 0 Å². The molecule has 0 aliphatic rings. The van der Waals surface area contributed by atoms with Crippen LogP contribution in [0.1, 0.15) is 40.5 Å². The van der Waals surface area contributed by atoms with Crippen molar-refractivity contribution in [3.63, 3.8) is 0 Å². The number of nitrogens with one attached hydrogen (secondary N) is 2. The summed E-state index contributed by atoms with van der Waals surface area (Å²) in [4.78, 5) is 35.4. The van der Waals surface area contributed by atoms with Crippen molar-refractivity contribution >= 4 is 17.9 Å². The molecule has 0 bridgehead atoms. The van der Waals surface area contributed by atoms with Gasteiger partial charge in [0.05, 0.1) is 6.42 Å². The van der Waals surface area contributed by atoms with Crippen molar-refractivity contribution in [2.75, 3.05) is 13.1 Å². The van der Waals surface area contributed by atoms with Gasteiger partial charge < -0.3 is 20.6 Å². The van der Waals surface area contributed by atoms with Crippen molar-refractivity contribution in [3.05, 3.63) is 0 Å². The van der Waals surface area contributed by atoms with Crippen LogP contribution in [0.15, 0.2) is 0 Å². The summed E-state index contributed by atoms with van der Waals surface area (Å²) in [6, 6.07) is -0.665. The Morgan fingerprint density at radius 3 is 2.25 bits per heavy atom. The predicted molar refractivity (Wildman–Crippen MR) is 75.4 cm³/mol. The lowest BCUT2D eigenvalue weighted by Gasteiger charge is -2.27.